The van der Waals surface area contributed by atoms with Crippen LogP contribution in [-0.2, 0) is 11.2 Å². The molecule has 1 aliphatic rings. The molecule has 5 heteroatoms. The Bertz CT molecular complexity index is 358. The lowest BCUT2D eigenvalue weighted by Crippen LogP contribution is -2.35. The van der Waals surface area contributed by atoms with Gasteiger partial charge in [-0.25, -0.2) is 4.98 Å². The number of aryl methyl sites for hydroxylation is 1. The van der Waals surface area contributed by atoms with Crippen molar-refractivity contribution in [2.75, 3.05) is 13.1 Å². The molecule has 5 nitrogen and oxygen atoms in total. The van der Waals surface area contributed by atoms with E-state index in [1.165, 1.54) is 19.3 Å². The molecule has 0 radical (unpaired) electrons. The van der Waals surface area contributed by atoms with E-state index in [1.54, 1.807) is 6.20 Å². The number of nitrogens with one attached hydrogen (secondary N) is 3. The smallest absolute Gasteiger partial charge is 0.220 e. The van der Waals surface area contributed by atoms with Crippen LogP contribution >= 0.6 is 0 Å². The third kappa shape index (κ3) is 5.42. The lowest BCUT2D eigenvalue weighted by atomic mass is 10.0. The summed E-state index contributed by atoms with van der Waals surface area (Å²) >= 11 is 0. The first-order valence-electron chi connectivity index (χ1n) is 7.33. The maximum absolute atomic E-state index is 11.7. The van der Waals surface area contributed by atoms with Crippen LogP contribution in [0.25, 0.3) is 0 Å². The SMILES string of the molecule is O=C(CCC1CCCCN1)NCCCc1ncc[nH]1. The number of aromatic nitrogens is 2. The van der Waals surface area contributed by atoms with Crippen molar-refractivity contribution in [2.45, 2.75) is 51.0 Å². The molecule has 1 amide bonds. The highest BCUT2D eigenvalue weighted by Crippen LogP contribution is 2.11. The van der Waals surface area contributed by atoms with Crippen molar-refractivity contribution in [1.82, 2.24) is 20.6 Å². The van der Waals surface area contributed by atoms with Crippen molar-refractivity contribution in [1.29, 1.82) is 0 Å². The maximum atomic E-state index is 11.7. The summed E-state index contributed by atoms with van der Waals surface area (Å²) in [6.07, 6.45) is 10.8. The number of carbonyl (C=O) groups is 1. The first-order valence-corrected chi connectivity index (χ1v) is 7.33. The minimum Gasteiger partial charge on any atom is -0.356 e. The van der Waals surface area contributed by atoms with Crippen molar-refractivity contribution in [2.24, 2.45) is 0 Å². The fourth-order valence-electron chi connectivity index (χ4n) is 2.48. The van der Waals surface area contributed by atoms with Crippen LogP contribution in [0.4, 0.5) is 0 Å². The Morgan fingerprint density at radius 3 is 3.16 bits per heavy atom. The van der Waals surface area contributed by atoms with Crippen LogP contribution in [0.2, 0.25) is 0 Å². The minimum absolute atomic E-state index is 0.173. The van der Waals surface area contributed by atoms with Crippen LogP contribution < -0.4 is 10.6 Å². The van der Waals surface area contributed by atoms with Gasteiger partial charge in [-0.1, -0.05) is 6.42 Å². The number of carbonyl (C=O) groups excluding carboxylic acids is 1. The molecule has 106 valence electrons. The van der Waals surface area contributed by atoms with Gasteiger partial charge in [-0.3, -0.25) is 4.79 Å². The van der Waals surface area contributed by atoms with E-state index in [-0.39, 0.29) is 5.91 Å². The van der Waals surface area contributed by atoms with E-state index in [0.29, 0.717) is 12.5 Å². The second-order valence-corrected chi connectivity index (χ2v) is 5.17. The second kappa shape index (κ2) is 7.94. The van der Waals surface area contributed by atoms with Gasteiger partial charge in [-0.05, 0) is 32.2 Å². The predicted molar refractivity (Wildman–Crippen MR) is 74.8 cm³/mol. The van der Waals surface area contributed by atoms with Crippen LogP contribution in [0.15, 0.2) is 12.4 Å². The molecule has 2 heterocycles. The highest BCUT2D eigenvalue weighted by molar-refractivity contribution is 5.75. The predicted octanol–water partition coefficient (Wildman–Crippen LogP) is 1.38. The number of nitrogens with zero attached hydrogens (tertiary/aromatic N) is 1. The van der Waals surface area contributed by atoms with Gasteiger partial charge >= 0.3 is 0 Å². The molecule has 1 fully saturated rings. The van der Waals surface area contributed by atoms with E-state index in [2.05, 4.69) is 20.6 Å². The van der Waals surface area contributed by atoms with Gasteiger partial charge in [0.15, 0.2) is 0 Å². The highest BCUT2D eigenvalue weighted by Gasteiger charge is 2.13. The summed E-state index contributed by atoms with van der Waals surface area (Å²) in [6.45, 7) is 1.84. The summed E-state index contributed by atoms with van der Waals surface area (Å²) in [5.74, 6) is 1.16. The Hall–Kier alpha value is -1.36. The number of hydrogen-bond donors (Lipinski definition) is 3. The third-order valence-corrected chi connectivity index (χ3v) is 3.60. The Kier molecular flexibility index (Phi) is 5.88. The van der Waals surface area contributed by atoms with Gasteiger partial charge in [0.1, 0.15) is 5.82 Å². The molecule has 19 heavy (non-hydrogen) atoms. The van der Waals surface area contributed by atoms with Gasteiger partial charge in [-0.15, -0.1) is 0 Å². The Morgan fingerprint density at radius 1 is 1.47 bits per heavy atom. The molecule has 0 spiro atoms. The zero-order valence-corrected chi connectivity index (χ0v) is 11.5. The molecule has 1 saturated heterocycles. The van der Waals surface area contributed by atoms with Gasteiger partial charge < -0.3 is 15.6 Å². The van der Waals surface area contributed by atoms with E-state index in [1.807, 2.05) is 6.20 Å². The number of H-pyrrole nitrogens is 1. The third-order valence-electron chi connectivity index (χ3n) is 3.60. The molecule has 1 atom stereocenters. The summed E-state index contributed by atoms with van der Waals surface area (Å²) in [5, 5.41) is 6.44. The number of rotatable bonds is 7. The first-order chi connectivity index (χ1) is 9.34. The number of aromatic amines is 1. The lowest BCUT2D eigenvalue weighted by molar-refractivity contribution is -0.121. The van der Waals surface area contributed by atoms with E-state index in [0.717, 1.165) is 38.2 Å². The molecular weight excluding hydrogens is 240 g/mol. The van der Waals surface area contributed by atoms with Gasteiger partial charge in [0.25, 0.3) is 0 Å². The van der Waals surface area contributed by atoms with Gasteiger partial charge in [0, 0.05) is 37.8 Å². The van der Waals surface area contributed by atoms with Crippen molar-refractivity contribution in [3.8, 4) is 0 Å². The molecular formula is C14H24N4O. The van der Waals surface area contributed by atoms with Crippen molar-refractivity contribution >= 4 is 5.91 Å². The number of amides is 1. The summed E-state index contributed by atoms with van der Waals surface area (Å²) in [6, 6.07) is 0.544. The van der Waals surface area contributed by atoms with Gasteiger partial charge in [-0.2, -0.15) is 0 Å². The Balaban J connectivity index is 1.49. The van der Waals surface area contributed by atoms with Crippen molar-refractivity contribution in [3.63, 3.8) is 0 Å². The number of imidazole rings is 1. The van der Waals surface area contributed by atoms with Crippen LogP contribution in [0, 0.1) is 0 Å². The fraction of sp³-hybridized carbons (Fsp3) is 0.714. The molecule has 3 N–H and O–H groups in total. The Labute approximate surface area is 114 Å². The van der Waals surface area contributed by atoms with Gasteiger partial charge in [0.2, 0.25) is 5.91 Å². The van der Waals surface area contributed by atoms with Crippen molar-refractivity contribution in [3.05, 3.63) is 18.2 Å². The summed E-state index contributed by atoms with van der Waals surface area (Å²) in [7, 11) is 0. The standard InChI is InChI=1S/C14H24N4O/c19-14(7-6-12-4-1-2-8-15-12)18-9-3-5-13-16-10-11-17-13/h10-12,15H,1-9H2,(H,16,17)(H,18,19). The first kappa shape index (κ1) is 14.1. The highest BCUT2D eigenvalue weighted by atomic mass is 16.1. The minimum atomic E-state index is 0.173. The molecule has 0 saturated carbocycles. The number of piperidine rings is 1. The van der Waals surface area contributed by atoms with Crippen LogP contribution in [0.5, 0.6) is 0 Å². The summed E-state index contributed by atoms with van der Waals surface area (Å²) in [5.41, 5.74) is 0. The summed E-state index contributed by atoms with van der Waals surface area (Å²) < 4.78 is 0. The van der Waals surface area contributed by atoms with Crippen LogP contribution in [0.3, 0.4) is 0 Å². The maximum Gasteiger partial charge on any atom is 0.220 e. The molecule has 2 rings (SSSR count). The molecule has 0 aliphatic carbocycles. The molecule has 0 bridgehead atoms. The van der Waals surface area contributed by atoms with Crippen molar-refractivity contribution < 1.29 is 4.79 Å². The molecule has 0 aromatic carbocycles. The van der Waals surface area contributed by atoms with E-state index in [4.69, 9.17) is 0 Å². The van der Waals surface area contributed by atoms with Crippen LogP contribution in [-0.4, -0.2) is 35.0 Å². The average molecular weight is 264 g/mol. The summed E-state index contributed by atoms with van der Waals surface area (Å²) in [4.78, 5) is 18.9. The largest absolute Gasteiger partial charge is 0.356 e. The molecule has 1 aromatic rings. The van der Waals surface area contributed by atoms with Crippen LogP contribution in [0.1, 0.15) is 44.3 Å². The van der Waals surface area contributed by atoms with E-state index >= 15 is 0 Å². The normalized spacial score (nSPS) is 19.3. The Morgan fingerprint density at radius 2 is 2.42 bits per heavy atom. The lowest BCUT2D eigenvalue weighted by Gasteiger charge is -2.23. The number of hydrogen-bond acceptors (Lipinski definition) is 3. The molecule has 1 aliphatic heterocycles. The van der Waals surface area contributed by atoms with Gasteiger partial charge in [0.05, 0.1) is 0 Å². The van der Waals surface area contributed by atoms with E-state index in [9.17, 15) is 4.79 Å². The topological polar surface area (TPSA) is 69.8 Å². The quantitative estimate of drug-likeness (QED) is 0.652. The average Bonchev–Trinajstić information content (AvgIpc) is 2.96. The zero-order valence-electron chi connectivity index (χ0n) is 11.5. The second-order valence-electron chi connectivity index (χ2n) is 5.17. The molecule has 1 unspecified atom stereocenters. The monoisotopic (exact) mass is 264 g/mol. The zero-order chi connectivity index (χ0) is 13.3. The van der Waals surface area contributed by atoms with E-state index < -0.39 is 0 Å². The fourth-order valence-corrected chi connectivity index (χ4v) is 2.48. The molecule has 1 aromatic heterocycles.